The van der Waals surface area contributed by atoms with Crippen LogP contribution in [-0.4, -0.2) is 11.9 Å². The van der Waals surface area contributed by atoms with Gasteiger partial charge in [0.2, 0.25) is 0 Å². The maximum absolute atomic E-state index is 12.9. The zero-order chi connectivity index (χ0) is 12.3. The van der Waals surface area contributed by atoms with E-state index >= 15 is 0 Å². The minimum Gasteiger partial charge on any atom is -0.374 e. The highest BCUT2D eigenvalue weighted by atomic mass is 19.1. The van der Waals surface area contributed by atoms with E-state index in [0.717, 1.165) is 6.07 Å². The first-order valence-corrected chi connectivity index (χ1v) is 5.72. The number of ketones is 1. The molecule has 2 rings (SSSR count). The minimum atomic E-state index is -0.595. The number of ether oxygens (including phenoxy) is 1. The van der Waals surface area contributed by atoms with Gasteiger partial charge in [0.1, 0.15) is 17.4 Å². The maximum atomic E-state index is 12.9. The first-order chi connectivity index (χ1) is 8.13. The monoisotopic (exact) mass is 240 g/mol. The number of hydrogen-bond acceptors (Lipinski definition) is 2. The molecule has 4 heteroatoms. The highest BCUT2D eigenvalue weighted by Gasteiger charge is 2.19. The Morgan fingerprint density at radius 2 is 1.71 bits per heavy atom. The Balaban J connectivity index is 1.87. The average Bonchev–Trinajstić information content (AvgIpc) is 2.27. The predicted molar refractivity (Wildman–Crippen MR) is 58.4 cm³/mol. The predicted octanol–water partition coefficient (Wildman–Crippen LogP) is 2.99. The van der Waals surface area contributed by atoms with Gasteiger partial charge >= 0.3 is 0 Å². The second-order valence-electron chi connectivity index (χ2n) is 4.33. The largest absolute Gasteiger partial charge is 0.374 e. The fourth-order valence-electron chi connectivity index (χ4n) is 1.99. The Morgan fingerprint density at radius 3 is 2.29 bits per heavy atom. The Hall–Kier alpha value is -1.29. The second kappa shape index (κ2) is 5.36. The van der Waals surface area contributed by atoms with Crippen LogP contribution < -0.4 is 0 Å². The molecule has 0 atom stereocenters. The van der Waals surface area contributed by atoms with Crippen molar-refractivity contribution in [3.05, 3.63) is 35.4 Å². The van der Waals surface area contributed by atoms with Crippen LogP contribution in [0.5, 0.6) is 0 Å². The molecule has 1 saturated carbocycles. The molecular formula is C13H14F2O2. The minimum absolute atomic E-state index is 0.0269. The molecule has 17 heavy (non-hydrogen) atoms. The molecule has 0 radical (unpaired) electrons. The van der Waals surface area contributed by atoms with Gasteiger partial charge in [0.15, 0.2) is 0 Å². The van der Waals surface area contributed by atoms with Crippen molar-refractivity contribution in [1.29, 1.82) is 0 Å². The molecule has 0 aliphatic heterocycles. The summed E-state index contributed by atoms with van der Waals surface area (Å²) in [7, 11) is 0. The van der Waals surface area contributed by atoms with Crippen molar-refractivity contribution in [3.8, 4) is 0 Å². The van der Waals surface area contributed by atoms with Crippen molar-refractivity contribution in [2.75, 3.05) is 0 Å². The van der Waals surface area contributed by atoms with Crippen molar-refractivity contribution in [2.24, 2.45) is 0 Å². The lowest BCUT2D eigenvalue weighted by atomic mass is 9.96. The Morgan fingerprint density at radius 1 is 1.12 bits per heavy atom. The van der Waals surface area contributed by atoms with Crippen molar-refractivity contribution >= 4 is 5.78 Å². The highest BCUT2D eigenvalue weighted by Crippen LogP contribution is 2.19. The Labute approximate surface area is 98.6 Å². The third-order valence-electron chi connectivity index (χ3n) is 2.90. The highest BCUT2D eigenvalue weighted by molar-refractivity contribution is 5.79. The molecule has 0 amide bonds. The lowest BCUT2D eigenvalue weighted by Gasteiger charge is -2.21. The molecule has 0 heterocycles. The van der Waals surface area contributed by atoms with E-state index in [1.807, 2.05) is 0 Å². The zero-order valence-electron chi connectivity index (χ0n) is 9.42. The van der Waals surface area contributed by atoms with Gasteiger partial charge in [-0.1, -0.05) is 0 Å². The molecule has 2 nitrogen and oxygen atoms in total. The Bertz CT molecular complexity index is 388. The number of carbonyl (C=O) groups excluding carboxylic acids is 1. The molecule has 1 aliphatic carbocycles. The van der Waals surface area contributed by atoms with Gasteiger partial charge in [-0.3, -0.25) is 4.79 Å². The van der Waals surface area contributed by atoms with Gasteiger partial charge < -0.3 is 4.74 Å². The molecule has 92 valence electrons. The molecule has 0 aromatic heterocycles. The van der Waals surface area contributed by atoms with E-state index in [1.165, 1.54) is 12.1 Å². The summed E-state index contributed by atoms with van der Waals surface area (Å²) >= 11 is 0. The van der Waals surface area contributed by atoms with E-state index in [-0.39, 0.29) is 18.5 Å². The van der Waals surface area contributed by atoms with Crippen LogP contribution in [0.2, 0.25) is 0 Å². The van der Waals surface area contributed by atoms with Crippen molar-refractivity contribution < 1.29 is 18.3 Å². The maximum Gasteiger partial charge on any atom is 0.133 e. The molecule has 0 bridgehead atoms. The summed E-state index contributed by atoms with van der Waals surface area (Å²) in [4.78, 5) is 11.0. The van der Waals surface area contributed by atoms with Crippen molar-refractivity contribution in [1.82, 2.24) is 0 Å². The van der Waals surface area contributed by atoms with Gasteiger partial charge in [-0.2, -0.15) is 0 Å². The average molecular weight is 240 g/mol. The first kappa shape index (κ1) is 12.2. The SMILES string of the molecule is O=C1CCC(OCc2cc(F)cc(F)c2)CC1. The normalized spacial score (nSPS) is 17.4. The van der Waals surface area contributed by atoms with Crippen LogP contribution in [0.3, 0.4) is 0 Å². The number of benzene rings is 1. The Kier molecular flexibility index (Phi) is 3.84. The topological polar surface area (TPSA) is 26.3 Å². The van der Waals surface area contributed by atoms with Crippen LogP contribution >= 0.6 is 0 Å². The van der Waals surface area contributed by atoms with Crippen LogP contribution in [-0.2, 0) is 16.1 Å². The van der Waals surface area contributed by atoms with Gasteiger partial charge in [0.05, 0.1) is 12.7 Å². The van der Waals surface area contributed by atoms with Gasteiger partial charge in [-0.25, -0.2) is 8.78 Å². The second-order valence-corrected chi connectivity index (χ2v) is 4.33. The quantitative estimate of drug-likeness (QED) is 0.811. The van der Waals surface area contributed by atoms with Crippen LogP contribution in [0.4, 0.5) is 8.78 Å². The zero-order valence-corrected chi connectivity index (χ0v) is 9.42. The smallest absolute Gasteiger partial charge is 0.133 e. The summed E-state index contributed by atoms with van der Waals surface area (Å²) in [5, 5.41) is 0. The van der Waals surface area contributed by atoms with Gasteiger partial charge in [-0.15, -0.1) is 0 Å². The summed E-state index contributed by atoms with van der Waals surface area (Å²) in [5.41, 5.74) is 0.486. The molecular weight excluding hydrogens is 226 g/mol. The number of halogens is 2. The lowest BCUT2D eigenvalue weighted by molar-refractivity contribution is -0.123. The summed E-state index contributed by atoms with van der Waals surface area (Å²) in [6, 6.07) is 3.36. The van der Waals surface area contributed by atoms with Crippen molar-refractivity contribution in [2.45, 2.75) is 38.4 Å². The van der Waals surface area contributed by atoms with E-state index in [9.17, 15) is 13.6 Å². The summed E-state index contributed by atoms with van der Waals surface area (Å²) < 4.78 is 31.4. The molecule has 1 aromatic rings. The summed E-state index contributed by atoms with van der Waals surface area (Å²) in [5.74, 6) is -0.925. The van der Waals surface area contributed by atoms with E-state index in [1.54, 1.807) is 0 Å². The van der Waals surface area contributed by atoms with E-state index in [2.05, 4.69) is 0 Å². The number of carbonyl (C=O) groups is 1. The van der Waals surface area contributed by atoms with Gasteiger partial charge in [0, 0.05) is 18.9 Å². The summed E-state index contributed by atoms with van der Waals surface area (Å²) in [6.45, 7) is 0.188. The first-order valence-electron chi connectivity index (χ1n) is 5.72. The standard InChI is InChI=1S/C13H14F2O2/c14-10-5-9(6-11(15)7-10)8-17-13-3-1-12(16)2-4-13/h5-7,13H,1-4,8H2. The molecule has 0 saturated heterocycles. The van der Waals surface area contributed by atoms with Crippen LogP contribution in [0, 0.1) is 11.6 Å². The number of Topliss-reactive ketones (excluding diaryl/α,β-unsaturated/α-hetero) is 1. The van der Waals surface area contributed by atoms with E-state index in [4.69, 9.17) is 4.74 Å². The van der Waals surface area contributed by atoms with E-state index < -0.39 is 11.6 Å². The third kappa shape index (κ3) is 3.60. The van der Waals surface area contributed by atoms with Crippen LogP contribution in [0.25, 0.3) is 0 Å². The fourth-order valence-corrected chi connectivity index (χ4v) is 1.99. The molecule has 0 spiro atoms. The molecule has 1 fully saturated rings. The molecule has 1 aromatic carbocycles. The summed E-state index contributed by atoms with van der Waals surface area (Å²) in [6.07, 6.45) is 2.52. The van der Waals surface area contributed by atoms with Crippen LogP contribution in [0.1, 0.15) is 31.2 Å². The van der Waals surface area contributed by atoms with Gasteiger partial charge in [-0.05, 0) is 30.5 Å². The third-order valence-corrected chi connectivity index (χ3v) is 2.90. The van der Waals surface area contributed by atoms with Crippen LogP contribution in [0.15, 0.2) is 18.2 Å². The van der Waals surface area contributed by atoms with E-state index in [0.29, 0.717) is 31.2 Å². The number of rotatable bonds is 3. The molecule has 0 unspecified atom stereocenters. The molecule has 1 aliphatic rings. The number of hydrogen-bond donors (Lipinski definition) is 0. The van der Waals surface area contributed by atoms with Gasteiger partial charge in [0.25, 0.3) is 0 Å². The fraction of sp³-hybridized carbons (Fsp3) is 0.462. The van der Waals surface area contributed by atoms with Crippen molar-refractivity contribution in [3.63, 3.8) is 0 Å². The molecule has 0 N–H and O–H groups in total. The lowest BCUT2D eigenvalue weighted by Crippen LogP contribution is -2.21.